The van der Waals surface area contributed by atoms with Crippen LogP contribution in [0.25, 0.3) is 22.4 Å². The van der Waals surface area contributed by atoms with Crippen molar-refractivity contribution >= 4 is 28.5 Å². The third-order valence-corrected chi connectivity index (χ3v) is 8.88. The second kappa shape index (κ2) is 14.1. The predicted molar refractivity (Wildman–Crippen MR) is 191 cm³/mol. The number of nitrogens with one attached hydrogen (secondary N) is 3. The average Bonchev–Trinajstić information content (AvgIpc) is 3.45. The molecule has 9 heteroatoms. The van der Waals surface area contributed by atoms with Crippen LogP contribution in [0.5, 0.6) is 0 Å². The fraction of sp³-hybridized carbons (Fsp3) is 0.368. The summed E-state index contributed by atoms with van der Waals surface area (Å²) in [5.74, 6) is -0.153. The van der Waals surface area contributed by atoms with Crippen molar-refractivity contribution in [3.05, 3.63) is 99.8 Å². The second-order valence-corrected chi connectivity index (χ2v) is 14.7. The van der Waals surface area contributed by atoms with Gasteiger partial charge in [0.1, 0.15) is 5.60 Å². The molecular weight excluding hydrogens is 607 g/mol. The normalized spacial score (nSPS) is 13.0. The van der Waals surface area contributed by atoms with Crippen molar-refractivity contribution in [3.63, 3.8) is 0 Å². The zero-order chi connectivity index (χ0) is 33.8. The van der Waals surface area contributed by atoms with Gasteiger partial charge in [-0.25, -0.2) is 9.78 Å². The van der Waals surface area contributed by atoms with Crippen LogP contribution in [0.15, 0.2) is 77.3 Å². The fourth-order valence-electron chi connectivity index (χ4n) is 5.43. The number of allylic oxidation sites excluding steroid dienone is 1. The number of aromatic nitrogens is 2. The predicted octanol–water partition coefficient (Wildman–Crippen LogP) is 8.57. The fourth-order valence-corrected chi connectivity index (χ4v) is 6.17. The number of ether oxygens (including phenoxy) is 1. The van der Waals surface area contributed by atoms with Crippen molar-refractivity contribution in [3.8, 4) is 22.4 Å². The number of anilines is 1. The van der Waals surface area contributed by atoms with Crippen LogP contribution in [0.3, 0.4) is 0 Å². The molecule has 1 aliphatic rings. The smallest absolute Gasteiger partial charge is 0.407 e. The lowest BCUT2D eigenvalue weighted by Crippen LogP contribution is -2.40. The van der Waals surface area contributed by atoms with Crippen LogP contribution in [-0.2, 0) is 10.2 Å². The summed E-state index contributed by atoms with van der Waals surface area (Å²) in [6, 6.07) is 20.2. The van der Waals surface area contributed by atoms with Crippen LogP contribution in [0.2, 0.25) is 0 Å². The number of pyridine rings is 1. The van der Waals surface area contributed by atoms with Crippen molar-refractivity contribution in [2.75, 3.05) is 18.4 Å². The van der Waals surface area contributed by atoms with E-state index in [0.29, 0.717) is 18.7 Å². The van der Waals surface area contributed by atoms with E-state index in [-0.39, 0.29) is 5.91 Å². The lowest BCUT2D eigenvalue weighted by molar-refractivity contribution is 0.0517. The Balaban J connectivity index is 1.23. The molecule has 2 heterocycles. The molecule has 0 radical (unpaired) electrons. The van der Waals surface area contributed by atoms with Gasteiger partial charge in [0.2, 0.25) is 0 Å². The number of benzene rings is 2. The number of thiazole rings is 1. The summed E-state index contributed by atoms with van der Waals surface area (Å²) >= 11 is 1.56. The van der Waals surface area contributed by atoms with Gasteiger partial charge in [-0.05, 0) is 106 Å². The molecule has 2 amide bonds. The van der Waals surface area contributed by atoms with Gasteiger partial charge in [0, 0.05) is 45.6 Å². The van der Waals surface area contributed by atoms with Crippen LogP contribution in [0.1, 0.15) is 81.2 Å². The summed E-state index contributed by atoms with van der Waals surface area (Å²) < 4.78 is 5.38. The molecule has 1 aliphatic carbocycles. The van der Waals surface area contributed by atoms with Crippen LogP contribution in [-0.4, -0.2) is 40.7 Å². The highest BCUT2D eigenvalue weighted by Gasteiger charge is 2.25. The summed E-state index contributed by atoms with van der Waals surface area (Å²) in [6.45, 7) is 14.4. The first-order valence-electron chi connectivity index (χ1n) is 16.1. The maximum atomic E-state index is 13.3. The molecule has 3 N–H and O–H groups in total. The Hall–Kier alpha value is -4.50. The summed E-state index contributed by atoms with van der Waals surface area (Å²) in [5, 5.41) is 12.4. The molecule has 0 unspecified atom stereocenters. The van der Waals surface area contributed by atoms with E-state index in [2.05, 4.69) is 62.7 Å². The molecule has 0 spiro atoms. The Morgan fingerprint density at radius 2 is 1.55 bits per heavy atom. The molecule has 2 aromatic carbocycles. The molecular formula is C38H45N5O3S. The van der Waals surface area contributed by atoms with Gasteiger partial charge in [-0.15, -0.1) is 11.3 Å². The third kappa shape index (κ3) is 9.07. The van der Waals surface area contributed by atoms with E-state index in [4.69, 9.17) is 9.72 Å². The zero-order valence-corrected chi connectivity index (χ0v) is 29.2. The Bertz CT molecular complexity index is 1770. The van der Waals surface area contributed by atoms with E-state index >= 15 is 0 Å². The first kappa shape index (κ1) is 33.9. The maximum Gasteiger partial charge on any atom is 0.407 e. The van der Waals surface area contributed by atoms with Crippen LogP contribution < -0.4 is 16.0 Å². The summed E-state index contributed by atoms with van der Waals surface area (Å²) in [5.41, 5.74) is 9.09. The Morgan fingerprint density at radius 3 is 2.23 bits per heavy atom. The van der Waals surface area contributed by atoms with E-state index in [0.717, 1.165) is 69.4 Å². The number of hydrogen-bond donors (Lipinski definition) is 3. The van der Waals surface area contributed by atoms with E-state index in [1.54, 1.807) is 11.3 Å². The maximum absolute atomic E-state index is 13.3. The highest BCUT2D eigenvalue weighted by molar-refractivity contribution is 7.14. The standard InChI is InChI=1S/C38H45N5O3S/c1-24-17-30(18-25(2)41-24)27-13-9-14-28(19-27)33-22-47-35(43-33)42-32(26-11-8-12-26)21-39-34(44)29-15-10-16-31(20-29)38(6,7)23-40-36(45)46-37(3,4)5/h9-10,13-20,22H,8,11-12,21,23H2,1-7H3,(H,39,44)(H,40,45)(H,42,43). The topological polar surface area (TPSA) is 105 Å². The number of alkyl carbamates (subject to hydrolysis) is 1. The van der Waals surface area contributed by atoms with Crippen LogP contribution >= 0.6 is 11.3 Å². The zero-order valence-electron chi connectivity index (χ0n) is 28.4. The number of hydrogen-bond acceptors (Lipinski definition) is 7. The number of nitrogens with zero attached hydrogens (tertiary/aromatic N) is 2. The summed E-state index contributed by atoms with van der Waals surface area (Å²) in [6.07, 6.45) is 2.71. The number of rotatable bonds is 10. The molecule has 0 atom stereocenters. The first-order chi connectivity index (χ1) is 22.3. The highest BCUT2D eigenvalue weighted by Crippen LogP contribution is 2.33. The Labute approximate surface area is 282 Å². The van der Waals surface area contributed by atoms with E-state index in [1.165, 1.54) is 5.57 Å². The molecule has 47 heavy (non-hydrogen) atoms. The average molecular weight is 652 g/mol. The molecule has 8 nitrogen and oxygen atoms in total. The molecule has 1 fully saturated rings. The Kier molecular flexibility index (Phi) is 10.2. The van der Waals surface area contributed by atoms with Gasteiger partial charge in [-0.3, -0.25) is 9.78 Å². The minimum atomic E-state index is -0.567. The van der Waals surface area contributed by atoms with E-state index in [9.17, 15) is 9.59 Å². The number of amides is 2. The molecule has 246 valence electrons. The molecule has 0 bridgehead atoms. The third-order valence-electron chi connectivity index (χ3n) is 8.12. The second-order valence-electron chi connectivity index (χ2n) is 13.8. The van der Waals surface area contributed by atoms with Crippen LogP contribution in [0.4, 0.5) is 9.93 Å². The van der Waals surface area contributed by atoms with Gasteiger partial charge in [-0.1, -0.05) is 44.2 Å². The lowest BCUT2D eigenvalue weighted by Gasteiger charge is -2.27. The first-order valence-corrected chi connectivity index (χ1v) is 17.0. The molecule has 5 rings (SSSR count). The minimum absolute atomic E-state index is 0.153. The van der Waals surface area contributed by atoms with Crippen LogP contribution in [0, 0.1) is 13.8 Å². The molecule has 4 aromatic rings. The van der Waals surface area contributed by atoms with Gasteiger partial charge >= 0.3 is 6.09 Å². The quantitative estimate of drug-likeness (QED) is 0.159. The number of carbonyl (C=O) groups excluding carboxylic acids is 2. The van der Waals surface area contributed by atoms with Gasteiger partial charge in [0.25, 0.3) is 5.91 Å². The molecule has 0 aliphatic heterocycles. The van der Waals surface area contributed by atoms with Crippen molar-refractivity contribution in [1.82, 2.24) is 20.6 Å². The van der Waals surface area contributed by atoms with Gasteiger partial charge < -0.3 is 20.7 Å². The lowest BCUT2D eigenvalue weighted by atomic mass is 9.84. The highest BCUT2D eigenvalue weighted by atomic mass is 32.1. The summed E-state index contributed by atoms with van der Waals surface area (Å²) in [4.78, 5) is 35.0. The molecule has 1 saturated carbocycles. The van der Waals surface area contributed by atoms with E-state index in [1.807, 2.05) is 72.7 Å². The van der Waals surface area contributed by atoms with Crippen molar-refractivity contribution < 1.29 is 14.3 Å². The number of aryl methyl sites for hydroxylation is 2. The van der Waals surface area contributed by atoms with E-state index < -0.39 is 17.1 Å². The monoisotopic (exact) mass is 651 g/mol. The minimum Gasteiger partial charge on any atom is -0.444 e. The van der Waals surface area contributed by atoms with Crippen molar-refractivity contribution in [2.45, 2.75) is 78.7 Å². The van der Waals surface area contributed by atoms with Gasteiger partial charge in [0.05, 0.1) is 12.2 Å². The van der Waals surface area contributed by atoms with Gasteiger partial charge in [0.15, 0.2) is 5.13 Å². The molecule has 2 aromatic heterocycles. The largest absolute Gasteiger partial charge is 0.444 e. The SMILES string of the molecule is Cc1cc(-c2cccc(-c3csc(NC(CNC(=O)c4cccc(C(C)(C)CNC(=O)OC(C)(C)C)c4)=C4CCC4)n3)c2)cc(C)n1. The number of carbonyl (C=O) groups is 2. The Morgan fingerprint density at radius 1 is 0.851 bits per heavy atom. The van der Waals surface area contributed by atoms with Gasteiger partial charge in [-0.2, -0.15) is 0 Å². The summed E-state index contributed by atoms with van der Waals surface area (Å²) in [7, 11) is 0. The van der Waals surface area contributed by atoms with Crippen molar-refractivity contribution in [2.24, 2.45) is 0 Å². The van der Waals surface area contributed by atoms with Crippen molar-refractivity contribution in [1.29, 1.82) is 0 Å². The molecule has 0 saturated heterocycles.